The van der Waals surface area contributed by atoms with E-state index in [2.05, 4.69) is 10.4 Å². The third-order valence-corrected chi connectivity index (χ3v) is 5.29. The van der Waals surface area contributed by atoms with Gasteiger partial charge >= 0.3 is 0 Å². The molecule has 1 aromatic carbocycles. The molecular formula is C16H20ClN3O5S. The van der Waals surface area contributed by atoms with Crippen LogP contribution in [0.25, 0.3) is 0 Å². The van der Waals surface area contributed by atoms with Crippen LogP contribution in [0.15, 0.2) is 28.0 Å². The van der Waals surface area contributed by atoms with Crippen LogP contribution in [0.4, 0.5) is 5.69 Å². The number of hydrogen-bond donors (Lipinski definition) is 2. The molecule has 0 saturated carbocycles. The average molecular weight is 402 g/mol. The van der Waals surface area contributed by atoms with E-state index in [1.807, 2.05) is 0 Å². The van der Waals surface area contributed by atoms with Crippen LogP contribution in [0.5, 0.6) is 0 Å². The van der Waals surface area contributed by atoms with E-state index in [9.17, 15) is 18.0 Å². The molecule has 0 amide bonds. The van der Waals surface area contributed by atoms with Gasteiger partial charge in [-0.1, -0.05) is 11.6 Å². The Morgan fingerprint density at radius 3 is 2.58 bits per heavy atom. The number of nitrogens with one attached hydrogen (secondary N) is 2. The highest BCUT2D eigenvalue weighted by atomic mass is 35.5. The summed E-state index contributed by atoms with van der Waals surface area (Å²) in [5, 5.41) is 5.53. The minimum absolute atomic E-state index is 0.0322. The van der Waals surface area contributed by atoms with Crippen LogP contribution in [0, 0.1) is 0 Å². The van der Waals surface area contributed by atoms with Gasteiger partial charge < -0.3 is 15.2 Å². The number of sulfone groups is 1. The number of rotatable bonds is 8. The van der Waals surface area contributed by atoms with Gasteiger partial charge in [0.1, 0.15) is 5.56 Å². The normalized spacial score (nSPS) is 11.5. The number of ether oxygens (including phenoxy) is 1. The lowest BCUT2D eigenvalue weighted by Gasteiger charge is -2.15. The third kappa shape index (κ3) is 4.00. The summed E-state index contributed by atoms with van der Waals surface area (Å²) in [5.41, 5.74) is -0.375. The third-order valence-electron chi connectivity index (χ3n) is 3.76. The molecule has 0 spiro atoms. The van der Waals surface area contributed by atoms with E-state index in [1.54, 1.807) is 6.92 Å². The minimum Gasteiger partial charge on any atom is -0.383 e. The summed E-state index contributed by atoms with van der Waals surface area (Å²) in [6, 6.07) is 2.61. The van der Waals surface area contributed by atoms with Crippen molar-refractivity contribution in [2.75, 3.05) is 31.8 Å². The van der Waals surface area contributed by atoms with Gasteiger partial charge in [0, 0.05) is 38.2 Å². The first-order valence-corrected chi connectivity index (χ1v) is 10.1. The fraction of sp³-hybridized carbons (Fsp3) is 0.375. The number of H-pyrrole nitrogens is 1. The SMILES string of the molecule is CCn1[nH]cc(C(=O)c2ccc(S(C)(=O)=O)c(NCCOC)c2Cl)c1=O. The van der Waals surface area contributed by atoms with E-state index < -0.39 is 21.2 Å². The van der Waals surface area contributed by atoms with Crippen molar-refractivity contribution in [2.24, 2.45) is 0 Å². The molecular weight excluding hydrogens is 382 g/mol. The van der Waals surface area contributed by atoms with Gasteiger partial charge in [-0.3, -0.25) is 14.3 Å². The van der Waals surface area contributed by atoms with Crippen LogP contribution < -0.4 is 10.9 Å². The van der Waals surface area contributed by atoms with Crippen LogP contribution in [-0.4, -0.2) is 50.5 Å². The van der Waals surface area contributed by atoms with Crippen molar-refractivity contribution in [3.05, 3.63) is 44.8 Å². The molecule has 0 saturated heterocycles. The molecule has 2 N–H and O–H groups in total. The summed E-state index contributed by atoms with van der Waals surface area (Å²) < 4.78 is 30.2. The number of halogens is 1. The van der Waals surface area contributed by atoms with Gasteiger partial charge in [0.15, 0.2) is 9.84 Å². The van der Waals surface area contributed by atoms with Crippen LogP contribution >= 0.6 is 11.6 Å². The Morgan fingerprint density at radius 2 is 2.04 bits per heavy atom. The first-order chi connectivity index (χ1) is 12.2. The Morgan fingerprint density at radius 1 is 1.35 bits per heavy atom. The zero-order valence-electron chi connectivity index (χ0n) is 14.6. The number of carbonyl (C=O) groups is 1. The number of hydrogen-bond acceptors (Lipinski definition) is 6. The minimum atomic E-state index is -3.58. The van der Waals surface area contributed by atoms with Gasteiger partial charge in [0.05, 0.1) is 22.2 Å². The molecule has 10 heteroatoms. The van der Waals surface area contributed by atoms with Crippen molar-refractivity contribution in [2.45, 2.75) is 18.4 Å². The monoisotopic (exact) mass is 401 g/mol. The smallest absolute Gasteiger partial charge is 0.277 e. The Balaban J connectivity index is 2.56. The molecule has 2 rings (SSSR count). The van der Waals surface area contributed by atoms with E-state index >= 15 is 0 Å². The molecule has 1 heterocycles. The summed E-state index contributed by atoms with van der Waals surface area (Å²) in [5.74, 6) is -0.585. The Bertz CT molecular complexity index is 978. The second-order valence-electron chi connectivity index (χ2n) is 5.56. The number of aryl methyl sites for hydroxylation is 1. The highest BCUT2D eigenvalue weighted by Gasteiger charge is 2.24. The Labute approximate surface area is 156 Å². The maximum absolute atomic E-state index is 12.7. The van der Waals surface area contributed by atoms with Gasteiger partial charge in [-0.25, -0.2) is 8.42 Å². The van der Waals surface area contributed by atoms with E-state index in [-0.39, 0.29) is 26.7 Å². The van der Waals surface area contributed by atoms with Gasteiger partial charge in [0.2, 0.25) is 5.78 Å². The van der Waals surface area contributed by atoms with Gasteiger partial charge in [-0.2, -0.15) is 0 Å². The average Bonchev–Trinajstić information content (AvgIpc) is 2.95. The highest BCUT2D eigenvalue weighted by Crippen LogP contribution is 2.33. The molecule has 0 radical (unpaired) electrons. The summed E-state index contributed by atoms with van der Waals surface area (Å²) in [4.78, 5) is 24.9. The summed E-state index contributed by atoms with van der Waals surface area (Å²) in [6.07, 6.45) is 2.36. The van der Waals surface area contributed by atoms with Gasteiger partial charge in [-0.05, 0) is 19.1 Å². The summed E-state index contributed by atoms with van der Waals surface area (Å²) in [6.45, 7) is 2.76. The van der Waals surface area contributed by atoms with E-state index in [1.165, 1.54) is 30.1 Å². The lowest BCUT2D eigenvalue weighted by Crippen LogP contribution is -2.21. The molecule has 8 nitrogen and oxygen atoms in total. The number of methoxy groups -OCH3 is 1. The van der Waals surface area contributed by atoms with Crippen molar-refractivity contribution in [3.63, 3.8) is 0 Å². The quantitative estimate of drug-likeness (QED) is 0.513. The molecule has 0 atom stereocenters. The second kappa shape index (κ2) is 8.07. The lowest BCUT2D eigenvalue weighted by molar-refractivity contribution is 0.103. The lowest BCUT2D eigenvalue weighted by atomic mass is 10.1. The standard InChI is InChI=1S/C16H20ClN3O5S/c1-4-20-16(22)11(9-19-20)15(21)10-5-6-12(26(3,23)24)14(13(10)17)18-7-8-25-2/h5-6,9,18-19H,4,7-8H2,1-3H3. The number of ketones is 1. The van der Waals surface area contributed by atoms with Crippen molar-refractivity contribution < 1.29 is 17.9 Å². The molecule has 0 aliphatic carbocycles. The van der Waals surface area contributed by atoms with Crippen molar-refractivity contribution >= 4 is 32.9 Å². The van der Waals surface area contributed by atoms with Gasteiger partial charge in [0.25, 0.3) is 5.56 Å². The number of anilines is 1. The fourth-order valence-electron chi connectivity index (χ4n) is 2.44. The van der Waals surface area contributed by atoms with Crippen LogP contribution in [0.3, 0.4) is 0 Å². The number of carbonyl (C=O) groups excluding carboxylic acids is 1. The zero-order chi connectivity index (χ0) is 19.5. The zero-order valence-corrected chi connectivity index (χ0v) is 16.2. The summed E-state index contributed by atoms with van der Waals surface area (Å²) >= 11 is 6.33. The second-order valence-corrected chi connectivity index (χ2v) is 7.92. The number of aromatic amines is 1. The predicted octanol–water partition coefficient (Wildman–Crippen LogP) is 1.54. The van der Waals surface area contributed by atoms with Crippen LogP contribution in [0.1, 0.15) is 22.8 Å². The molecule has 142 valence electrons. The molecule has 0 aliphatic heterocycles. The number of aromatic nitrogens is 2. The maximum atomic E-state index is 12.7. The Kier molecular flexibility index (Phi) is 6.27. The van der Waals surface area contributed by atoms with Crippen molar-refractivity contribution in [1.82, 2.24) is 9.78 Å². The largest absolute Gasteiger partial charge is 0.383 e. The molecule has 0 unspecified atom stereocenters. The molecule has 26 heavy (non-hydrogen) atoms. The van der Waals surface area contributed by atoms with Crippen LogP contribution in [-0.2, 0) is 21.1 Å². The van der Waals surface area contributed by atoms with E-state index in [0.29, 0.717) is 19.7 Å². The van der Waals surface area contributed by atoms with Crippen molar-refractivity contribution in [3.8, 4) is 0 Å². The highest BCUT2D eigenvalue weighted by molar-refractivity contribution is 7.90. The number of benzene rings is 1. The van der Waals surface area contributed by atoms with Crippen molar-refractivity contribution in [1.29, 1.82) is 0 Å². The first kappa shape index (κ1) is 20.2. The van der Waals surface area contributed by atoms with E-state index in [0.717, 1.165) is 6.26 Å². The Hall–Kier alpha value is -2.10. The first-order valence-electron chi connectivity index (χ1n) is 7.80. The molecule has 1 aromatic heterocycles. The molecule has 2 aromatic rings. The molecule has 0 bridgehead atoms. The molecule has 0 aliphatic rings. The number of nitrogens with zero attached hydrogens (tertiary/aromatic N) is 1. The maximum Gasteiger partial charge on any atom is 0.277 e. The fourth-order valence-corrected chi connectivity index (χ4v) is 3.67. The van der Waals surface area contributed by atoms with Crippen LogP contribution in [0.2, 0.25) is 5.02 Å². The molecule has 0 fully saturated rings. The predicted molar refractivity (Wildman–Crippen MR) is 99.1 cm³/mol. The summed E-state index contributed by atoms with van der Waals surface area (Å²) in [7, 11) is -2.07. The topological polar surface area (TPSA) is 110 Å². The van der Waals surface area contributed by atoms with E-state index in [4.69, 9.17) is 16.3 Å². The van der Waals surface area contributed by atoms with Gasteiger partial charge in [-0.15, -0.1) is 0 Å².